The summed E-state index contributed by atoms with van der Waals surface area (Å²) in [6.07, 6.45) is 0.152. The molecule has 0 saturated carbocycles. The number of carbonyl (C=O) groups excluding carboxylic acids is 1. The smallest absolute Gasteiger partial charge is 0.354 e. The number of carboxylic acids is 1. The maximum absolute atomic E-state index is 12.6. The molecule has 1 aliphatic rings. The molecule has 2 aromatic rings. The van der Waals surface area contributed by atoms with E-state index in [2.05, 4.69) is 20.3 Å². The lowest BCUT2D eigenvalue weighted by molar-refractivity contribution is 0.0538. The number of anilines is 1. The summed E-state index contributed by atoms with van der Waals surface area (Å²) in [5, 5.41) is 12.4. The topological polar surface area (TPSA) is 120 Å². The first-order chi connectivity index (χ1) is 13.7. The molecule has 0 unspecified atom stereocenters. The molecule has 3 N–H and O–H groups in total. The van der Waals surface area contributed by atoms with E-state index in [9.17, 15) is 9.59 Å². The van der Waals surface area contributed by atoms with Gasteiger partial charge < -0.3 is 25.0 Å². The lowest BCUT2D eigenvalue weighted by Gasteiger charge is -2.38. The molecular weight excluding hydrogens is 445 g/mol. The second-order valence-corrected chi connectivity index (χ2v) is 7.62. The molecule has 2 aromatic heterocycles. The van der Waals surface area contributed by atoms with E-state index in [-0.39, 0.29) is 39.7 Å². The molecule has 0 spiro atoms. The van der Waals surface area contributed by atoms with Crippen molar-refractivity contribution in [3.8, 4) is 0 Å². The highest BCUT2D eigenvalue weighted by Gasteiger charge is 2.32. The second-order valence-electron chi connectivity index (χ2n) is 6.53. The fourth-order valence-corrected chi connectivity index (χ4v) is 3.77. The third-order valence-electron chi connectivity index (χ3n) is 4.69. The number of aromatic carboxylic acids is 1. The summed E-state index contributed by atoms with van der Waals surface area (Å²) in [6.45, 7) is 2.58. The molecule has 1 aliphatic heterocycles. The first-order valence-corrected chi connectivity index (χ1v) is 9.74. The maximum atomic E-state index is 12.6. The number of piperidine rings is 1. The summed E-state index contributed by atoms with van der Waals surface area (Å²) in [6, 6.07) is 1.06. The van der Waals surface area contributed by atoms with E-state index in [4.69, 9.17) is 44.6 Å². The molecule has 0 aliphatic carbocycles. The van der Waals surface area contributed by atoms with Crippen LogP contribution >= 0.6 is 34.8 Å². The van der Waals surface area contributed by atoms with Gasteiger partial charge in [-0.1, -0.05) is 23.2 Å². The molecule has 156 valence electrons. The molecule has 3 heterocycles. The van der Waals surface area contributed by atoms with Crippen molar-refractivity contribution in [2.24, 2.45) is 0 Å². The number of hydrogen-bond donors (Lipinski definition) is 3. The third kappa shape index (κ3) is 4.58. The Morgan fingerprint density at radius 1 is 1.31 bits per heavy atom. The van der Waals surface area contributed by atoms with Crippen molar-refractivity contribution in [3.63, 3.8) is 0 Å². The molecule has 2 atom stereocenters. The highest BCUT2D eigenvalue weighted by molar-refractivity contribution is 6.44. The number of hydrogen-bond acceptors (Lipinski definition) is 6. The quantitative estimate of drug-likeness (QED) is 0.584. The van der Waals surface area contributed by atoms with Crippen LogP contribution in [0.4, 0.5) is 5.82 Å². The standard InChI is InChI=1S/C17H18Cl3N5O4/c1-7-12(18)13(19)14(21-7)15(26)22-8-3-4-25(6-10(8)29-2)11-5-9(16(27)28)23-17(20)24-11/h5,8,10,21H,3-4,6H2,1-2H3,(H,22,26)(H,27,28)/t8-,10+/m1/s1. The Kier molecular flexibility index (Phi) is 6.52. The first-order valence-electron chi connectivity index (χ1n) is 8.61. The van der Waals surface area contributed by atoms with Gasteiger partial charge in [0.15, 0.2) is 5.69 Å². The van der Waals surface area contributed by atoms with Crippen molar-refractivity contribution < 1.29 is 19.4 Å². The van der Waals surface area contributed by atoms with Crippen LogP contribution in [0.15, 0.2) is 6.07 Å². The molecule has 1 fully saturated rings. The van der Waals surface area contributed by atoms with Crippen molar-refractivity contribution in [1.82, 2.24) is 20.3 Å². The summed E-state index contributed by atoms with van der Waals surface area (Å²) >= 11 is 18.0. The third-order valence-corrected chi connectivity index (χ3v) is 5.80. The Labute approximate surface area is 181 Å². The number of ether oxygens (including phenoxy) is 1. The Hall–Kier alpha value is -2.07. The largest absolute Gasteiger partial charge is 0.477 e. The minimum Gasteiger partial charge on any atom is -0.477 e. The van der Waals surface area contributed by atoms with Gasteiger partial charge in [-0.2, -0.15) is 0 Å². The van der Waals surface area contributed by atoms with Crippen molar-refractivity contribution in [2.75, 3.05) is 25.1 Å². The van der Waals surface area contributed by atoms with Gasteiger partial charge >= 0.3 is 5.97 Å². The zero-order valence-electron chi connectivity index (χ0n) is 15.5. The Morgan fingerprint density at radius 3 is 2.62 bits per heavy atom. The summed E-state index contributed by atoms with van der Waals surface area (Å²) < 4.78 is 5.54. The number of nitrogens with zero attached hydrogens (tertiary/aromatic N) is 3. The number of aromatic amines is 1. The van der Waals surface area contributed by atoms with Crippen molar-refractivity contribution in [2.45, 2.75) is 25.5 Å². The van der Waals surface area contributed by atoms with E-state index >= 15 is 0 Å². The van der Waals surface area contributed by atoms with Gasteiger partial charge in [0.05, 0.1) is 22.2 Å². The summed E-state index contributed by atoms with van der Waals surface area (Å²) in [5.74, 6) is -1.20. The van der Waals surface area contributed by atoms with Gasteiger partial charge in [-0.05, 0) is 24.9 Å². The molecule has 1 amide bonds. The number of methoxy groups -OCH3 is 1. The van der Waals surface area contributed by atoms with Crippen LogP contribution in [0.2, 0.25) is 15.3 Å². The minimum atomic E-state index is -1.20. The van der Waals surface area contributed by atoms with Crippen LogP contribution in [0.25, 0.3) is 0 Å². The van der Waals surface area contributed by atoms with E-state index in [1.165, 1.54) is 13.2 Å². The van der Waals surface area contributed by atoms with Gasteiger partial charge in [-0.25, -0.2) is 14.8 Å². The monoisotopic (exact) mass is 461 g/mol. The molecular formula is C17H18Cl3N5O4. The average Bonchev–Trinajstić information content (AvgIpc) is 2.95. The van der Waals surface area contributed by atoms with Crippen molar-refractivity contribution >= 4 is 52.5 Å². The van der Waals surface area contributed by atoms with Crippen LogP contribution < -0.4 is 10.2 Å². The number of amides is 1. The zero-order chi connectivity index (χ0) is 21.3. The lowest BCUT2D eigenvalue weighted by Crippen LogP contribution is -2.55. The molecule has 0 bridgehead atoms. The molecule has 9 nitrogen and oxygen atoms in total. The number of carbonyl (C=O) groups is 2. The van der Waals surface area contributed by atoms with E-state index in [0.29, 0.717) is 36.0 Å². The van der Waals surface area contributed by atoms with Crippen LogP contribution in [0, 0.1) is 6.92 Å². The minimum absolute atomic E-state index is 0.155. The second kappa shape index (κ2) is 8.74. The number of carboxylic acid groups (broad SMARTS) is 1. The molecule has 0 radical (unpaired) electrons. The Bertz CT molecular complexity index is 951. The summed E-state index contributed by atoms with van der Waals surface area (Å²) in [5.41, 5.74) is 0.605. The Morgan fingerprint density at radius 2 is 2.03 bits per heavy atom. The number of aromatic nitrogens is 3. The van der Waals surface area contributed by atoms with E-state index < -0.39 is 5.97 Å². The lowest BCUT2D eigenvalue weighted by atomic mass is 10.0. The fourth-order valence-electron chi connectivity index (χ4n) is 3.17. The SMILES string of the molecule is CO[C@H]1CN(c2cc(C(=O)O)nc(Cl)n2)CC[C@H]1NC(=O)c1[nH]c(C)c(Cl)c1Cl. The van der Waals surface area contributed by atoms with E-state index in [0.717, 1.165) is 0 Å². The first kappa shape index (κ1) is 21.6. The Balaban J connectivity index is 1.74. The number of H-pyrrole nitrogens is 1. The van der Waals surface area contributed by atoms with E-state index in [1.54, 1.807) is 6.92 Å². The normalized spacial score (nSPS) is 19.3. The predicted octanol–water partition coefficient (Wildman–Crippen LogP) is 2.80. The van der Waals surface area contributed by atoms with Crippen molar-refractivity contribution in [1.29, 1.82) is 0 Å². The van der Waals surface area contributed by atoms with Crippen LogP contribution in [-0.4, -0.2) is 64.3 Å². The van der Waals surface area contributed by atoms with Gasteiger partial charge in [0.1, 0.15) is 11.5 Å². The van der Waals surface area contributed by atoms with Gasteiger partial charge in [-0.3, -0.25) is 4.79 Å². The maximum Gasteiger partial charge on any atom is 0.354 e. The molecule has 0 aromatic carbocycles. The number of halogens is 3. The predicted molar refractivity (Wildman–Crippen MR) is 108 cm³/mol. The van der Waals surface area contributed by atoms with Crippen LogP contribution in [0.3, 0.4) is 0 Å². The number of aryl methyl sites for hydroxylation is 1. The van der Waals surface area contributed by atoms with Gasteiger partial charge in [-0.15, -0.1) is 0 Å². The van der Waals surface area contributed by atoms with Crippen LogP contribution in [-0.2, 0) is 4.74 Å². The number of nitrogens with one attached hydrogen (secondary N) is 2. The number of rotatable bonds is 5. The molecule has 12 heteroatoms. The average molecular weight is 463 g/mol. The van der Waals surface area contributed by atoms with Crippen LogP contribution in [0.1, 0.15) is 33.1 Å². The molecule has 3 rings (SSSR count). The van der Waals surface area contributed by atoms with Gasteiger partial charge in [0, 0.05) is 32.0 Å². The van der Waals surface area contributed by atoms with Gasteiger partial charge in [0.25, 0.3) is 5.91 Å². The molecule has 1 saturated heterocycles. The highest BCUT2D eigenvalue weighted by atomic mass is 35.5. The van der Waals surface area contributed by atoms with E-state index in [1.807, 2.05) is 4.90 Å². The highest BCUT2D eigenvalue weighted by Crippen LogP contribution is 2.29. The van der Waals surface area contributed by atoms with Crippen LogP contribution in [0.5, 0.6) is 0 Å². The van der Waals surface area contributed by atoms with Crippen molar-refractivity contribution in [3.05, 3.63) is 38.5 Å². The fraction of sp³-hybridized carbons (Fsp3) is 0.412. The molecule has 29 heavy (non-hydrogen) atoms. The zero-order valence-corrected chi connectivity index (χ0v) is 17.8. The summed E-state index contributed by atoms with van der Waals surface area (Å²) in [4.78, 5) is 36.3. The summed E-state index contributed by atoms with van der Waals surface area (Å²) in [7, 11) is 1.53. The van der Waals surface area contributed by atoms with Gasteiger partial charge in [0.2, 0.25) is 5.28 Å².